The predicted octanol–water partition coefficient (Wildman–Crippen LogP) is 2.51. The van der Waals surface area contributed by atoms with Crippen LogP contribution >= 0.6 is 15.9 Å². The van der Waals surface area contributed by atoms with Crippen molar-refractivity contribution in [3.8, 4) is 0 Å². The third-order valence-corrected chi connectivity index (χ3v) is 4.89. The van der Waals surface area contributed by atoms with Crippen molar-refractivity contribution in [2.45, 2.75) is 24.8 Å². The van der Waals surface area contributed by atoms with Crippen molar-refractivity contribution in [3.05, 3.63) is 40.3 Å². The maximum Gasteiger partial charge on any atom is 0.243 e. The molecule has 0 aliphatic heterocycles. The van der Waals surface area contributed by atoms with E-state index < -0.39 is 21.9 Å². The Hall–Kier alpha value is -1.45. The van der Waals surface area contributed by atoms with E-state index in [2.05, 4.69) is 25.6 Å². The zero-order valence-electron chi connectivity index (χ0n) is 11.2. The molecule has 2 aromatic rings. The number of nitrogens with one attached hydrogen (secondary N) is 1. The van der Waals surface area contributed by atoms with Gasteiger partial charge < -0.3 is 10.2 Å². The van der Waals surface area contributed by atoms with Crippen molar-refractivity contribution in [2.24, 2.45) is 0 Å². The number of aryl methyl sites for hydroxylation is 1. The summed E-state index contributed by atoms with van der Waals surface area (Å²) in [6, 6.07) is 1.37. The van der Waals surface area contributed by atoms with E-state index in [4.69, 9.17) is 10.2 Å². The molecule has 0 aliphatic rings. The Morgan fingerprint density at radius 3 is 2.71 bits per heavy atom. The van der Waals surface area contributed by atoms with Gasteiger partial charge in [0.25, 0.3) is 0 Å². The van der Waals surface area contributed by atoms with E-state index in [1.54, 1.807) is 13.8 Å². The Morgan fingerprint density at radius 2 is 2.14 bits per heavy atom. The molecule has 1 aromatic heterocycles. The van der Waals surface area contributed by atoms with Crippen LogP contribution in [0.25, 0.3) is 0 Å². The molecule has 21 heavy (non-hydrogen) atoms. The first-order valence-corrected chi connectivity index (χ1v) is 8.17. The Balaban J connectivity index is 2.32. The normalized spacial score (nSPS) is 13.3. The fourth-order valence-electron chi connectivity index (χ4n) is 1.70. The van der Waals surface area contributed by atoms with Gasteiger partial charge in [0.15, 0.2) is 0 Å². The first-order valence-electron chi connectivity index (χ1n) is 5.90. The van der Waals surface area contributed by atoms with Crippen LogP contribution in [0.5, 0.6) is 0 Å². The monoisotopic (exact) mass is 377 g/mol. The number of oxazole rings is 1. The summed E-state index contributed by atoms with van der Waals surface area (Å²) in [5.41, 5.74) is 5.39. The van der Waals surface area contributed by atoms with Gasteiger partial charge in [0.2, 0.25) is 15.9 Å². The quantitative estimate of drug-likeness (QED) is 0.797. The number of sulfonamides is 1. The van der Waals surface area contributed by atoms with Gasteiger partial charge in [0.05, 0.1) is 22.4 Å². The second-order valence-electron chi connectivity index (χ2n) is 4.46. The minimum Gasteiger partial charge on any atom is -0.444 e. The highest BCUT2D eigenvalue weighted by atomic mass is 79.9. The highest BCUT2D eigenvalue weighted by Crippen LogP contribution is 2.27. The maximum absolute atomic E-state index is 13.3. The van der Waals surface area contributed by atoms with Crippen molar-refractivity contribution >= 4 is 31.6 Å². The van der Waals surface area contributed by atoms with Crippen molar-refractivity contribution in [1.82, 2.24) is 9.71 Å². The van der Waals surface area contributed by atoms with Gasteiger partial charge in [-0.25, -0.2) is 17.8 Å². The zero-order chi connectivity index (χ0) is 15.8. The first-order chi connectivity index (χ1) is 9.70. The van der Waals surface area contributed by atoms with Crippen LogP contribution in [0.4, 0.5) is 10.1 Å². The molecule has 0 bridgehead atoms. The second kappa shape index (κ2) is 5.74. The lowest BCUT2D eigenvalue weighted by Gasteiger charge is -2.13. The van der Waals surface area contributed by atoms with Gasteiger partial charge in [-0.1, -0.05) is 0 Å². The van der Waals surface area contributed by atoms with E-state index in [9.17, 15) is 12.8 Å². The molecule has 1 heterocycles. The summed E-state index contributed by atoms with van der Waals surface area (Å²) < 4.78 is 45.6. The average Bonchev–Trinajstić information content (AvgIpc) is 2.80. The molecule has 0 radical (unpaired) electrons. The van der Waals surface area contributed by atoms with E-state index in [-0.39, 0.29) is 20.9 Å². The molecule has 0 fully saturated rings. The molecule has 1 unspecified atom stereocenters. The largest absolute Gasteiger partial charge is 0.444 e. The van der Waals surface area contributed by atoms with Crippen LogP contribution < -0.4 is 10.5 Å². The number of nitrogen functional groups attached to an aromatic ring is 1. The van der Waals surface area contributed by atoms with Crippen molar-refractivity contribution in [3.63, 3.8) is 0 Å². The average molecular weight is 378 g/mol. The highest BCUT2D eigenvalue weighted by Gasteiger charge is 2.24. The van der Waals surface area contributed by atoms with Crippen LogP contribution in [-0.4, -0.2) is 13.4 Å². The van der Waals surface area contributed by atoms with Crippen LogP contribution in [0.3, 0.4) is 0 Å². The summed E-state index contributed by atoms with van der Waals surface area (Å²) >= 11 is 2.93. The number of hydrogen-bond acceptors (Lipinski definition) is 5. The number of nitrogens with zero attached hydrogens (tertiary/aromatic N) is 1. The zero-order valence-corrected chi connectivity index (χ0v) is 13.6. The van der Waals surface area contributed by atoms with Crippen LogP contribution in [0.1, 0.15) is 24.6 Å². The lowest BCUT2D eigenvalue weighted by molar-refractivity contribution is 0.428. The number of anilines is 1. The van der Waals surface area contributed by atoms with Gasteiger partial charge in [0.1, 0.15) is 16.5 Å². The summed E-state index contributed by atoms with van der Waals surface area (Å²) in [5.74, 6) is 0.165. The molecule has 6 nitrogen and oxygen atoms in total. The van der Waals surface area contributed by atoms with E-state index >= 15 is 0 Å². The summed E-state index contributed by atoms with van der Waals surface area (Å²) in [5, 5.41) is 0. The van der Waals surface area contributed by atoms with Crippen LogP contribution in [0, 0.1) is 12.7 Å². The van der Waals surface area contributed by atoms with E-state index in [0.717, 1.165) is 12.1 Å². The molecule has 0 spiro atoms. The maximum atomic E-state index is 13.3. The molecule has 3 N–H and O–H groups in total. The highest BCUT2D eigenvalue weighted by molar-refractivity contribution is 9.10. The third-order valence-electron chi connectivity index (χ3n) is 2.68. The molecule has 0 saturated carbocycles. The van der Waals surface area contributed by atoms with Gasteiger partial charge in [-0.15, -0.1) is 0 Å². The molecular formula is C12H13BrFN3O3S. The Labute approximate surface area is 129 Å². The smallest absolute Gasteiger partial charge is 0.243 e. The van der Waals surface area contributed by atoms with Crippen molar-refractivity contribution in [2.75, 3.05) is 5.73 Å². The van der Waals surface area contributed by atoms with Crippen molar-refractivity contribution in [1.29, 1.82) is 0 Å². The van der Waals surface area contributed by atoms with Crippen LogP contribution in [-0.2, 0) is 10.0 Å². The predicted molar refractivity (Wildman–Crippen MR) is 78.5 cm³/mol. The van der Waals surface area contributed by atoms with Crippen LogP contribution in [0.15, 0.2) is 32.1 Å². The van der Waals surface area contributed by atoms with Crippen molar-refractivity contribution < 1.29 is 17.2 Å². The topological polar surface area (TPSA) is 98.2 Å². The minimum absolute atomic E-state index is 0.0108. The molecule has 0 amide bonds. The Kier molecular flexibility index (Phi) is 4.35. The van der Waals surface area contributed by atoms with Gasteiger partial charge >= 0.3 is 0 Å². The van der Waals surface area contributed by atoms with Crippen LogP contribution in [0.2, 0.25) is 0 Å². The molecule has 2 rings (SSSR count). The molecule has 0 saturated heterocycles. The Morgan fingerprint density at radius 1 is 1.48 bits per heavy atom. The molecule has 1 atom stereocenters. The lowest BCUT2D eigenvalue weighted by Crippen LogP contribution is -2.27. The fraction of sp³-hybridized carbons (Fsp3) is 0.250. The van der Waals surface area contributed by atoms with Gasteiger partial charge in [-0.2, -0.15) is 4.72 Å². The molecule has 1 aromatic carbocycles. The number of halogens is 2. The van der Waals surface area contributed by atoms with E-state index in [1.165, 1.54) is 6.20 Å². The van der Waals surface area contributed by atoms with E-state index in [1.807, 2.05) is 0 Å². The SMILES string of the molecule is Cc1cnc(C(C)NS(=O)(=O)c2cc(Br)c(F)cc2N)o1. The number of nitrogens with two attached hydrogens (primary N) is 1. The van der Waals surface area contributed by atoms with Gasteiger partial charge in [-0.3, -0.25) is 0 Å². The molecule has 114 valence electrons. The number of benzene rings is 1. The first kappa shape index (κ1) is 15.9. The third kappa shape index (κ3) is 3.42. The lowest BCUT2D eigenvalue weighted by atomic mass is 10.3. The standard InChI is InChI=1S/C12H13BrFN3O3S/c1-6-5-16-12(20-6)7(2)17-21(18,19)11-3-8(13)9(14)4-10(11)15/h3-5,7,17H,15H2,1-2H3. The number of rotatable bonds is 4. The van der Waals surface area contributed by atoms with Gasteiger partial charge in [-0.05, 0) is 41.9 Å². The summed E-state index contributed by atoms with van der Waals surface area (Å²) in [4.78, 5) is 3.74. The van der Waals surface area contributed by atoms with Gasteiger partial charge in [0, 0.05) is 0 Å². The number of aromatic nitrogens is 1. The molecular weight excluding hydrogens is 365 g/mol. The summed E-state index contributed by atoms with van der Waals surface area (Å²) in [6.07, 6.45) is 1.49. The molecule has 9 heteroatoms. The minimum atomic E-state index is -3.94. The summed E-state index contributed by atoms with van der Waals surface area (Å²) in [6.45, 7) is 3.28. The summed E-state index contributed by atoms with van der Waals surface area (Å²) in [7, 11) is -3.94. The number of hydrogen-bond donors (Lipinski definition) is 2. The second-order valence-corrected chi connectivity index (χ2v) is 6.99. The van der Waals surface area contributed by atoms with E-state index in [0.29, 0.717) is 5.76 Å². The molecule has 0 aliphatic carbocycles. The Bertz CT molecular complexity index is 776. The fourth-order valence-corrected chi connectivity index (χ4v) is 3.53.